The zero-order valence-electron chi connectivity index (χ0n) is 15.2. The SMILES string of the molecule is COc1ccc(C(=O)CC(C)C)c(O[Si](C)(C)C(C)(C)C)c1. The van der Waals surface area contributed by atoms with E-state index in [1.165, 1.54) is 0 Å². The fourth-order valence-electron chi connectivity index (χ4n) is 1.85. The van der Waals surface area contributed by atoms with Crippen molar-refractivity contribution in [3.8, 4) is 11.5 Å². The van der Waals surface area contributed by atoms with Crippen LogP contribution in [-0.2, 0) is 0 Å². The molecule has 0 aliphatic rings. The van der Waals surface area contributed by atoms with Gasteiger partial charge in [0.05, 0.1) is 12.7 Å². The largest absolute Gasteiger partial charge is 0.543 e. The predicted molar refractivity (Wildman–Crippen MR) is 94.6 cm³/mol. The lowest BCUT2D eigenvalue weighted by atomic mass is 10.0. The number of benzene rings is 1. The van der Waals surface area contributed by atoms with E-state index in [2.05, 4.69) is 47.7 Å². The van der Waals surface area contributed by atoms with Gasteiger partial charge in [0.1, 0.15) is 11.5 Å². The van der Waals surface area contributed by atoms with Crippen molar-refractivity contribution in [1.29, 1.82) is 0 Å². The van der Waals surface area contributed by atoms with E-state index in [1.807, 2.05) is 18.2 Å². The summed E-state index contributed by atoms with van der Waals surface area (Å²) in [4.78, 5) is 12.5. The number of carbonyl (C=O) groups excluding carboxylic acids is 1. The highest BCUT2D eigenvalue weighted by molar-refractivity contribution is 6.74. The van der Waals surface area contributed by atoms with Crippen LogP contribution in [0.3, 0.4) is 0 Å². The summed E-state index contributed by atoms with van der Waals surface area (Å²) >= 11 is 0. The Morgan fingerprint density at radius 1 is 1.23 bits per heavy atom. The van der Waals surface area contributed by atoms with Crippen molar-refractivity contribution >= 4 is 14.1 Å². The Morgan fingerprint density at radius 2 is 1.82 bits per heavy atom. The molecule has 4 heteroatoms. The number of ketones is 1. The zero-order chi connectivity index (χ0) is 17.1. The molecule has 0 heterocycles. The molecule has 0 fully saturated rings. The first-order valence-corrected chi connectivity index (χ1v) is 10.8. The van der Waals surface area contributed by atoms with Gasteiger partial charge >= 0.3 is 0 Å². The standard InChI is InChI=1S/C18H30O3Si/c1-13(2)11-16(19)15-10-9-14(20-6)12-17(15)21-22(7,8)18(3,4)5/h9-10,12-13H,11H2,1-8H3. The summed E-state index contributed by atoms with van der Waals surface area (Å²) in [6.45, 7) is 15.0. The second-order valence-electron chi connectivity index (χ2n) is 7.75. The van der Waals surface area contributed by atoms with Gasteiger partial charge in [-0.1, -0.05) is 34.6 Å². The number of carbonyl (C=O) groups is 1. The Kier molecular flexibility index (Phi) is 5.85. The lowest BCUT2D eigenvalue weighted by Gasteiger charge is -2.37. The monoisotopic (exact) mass is 322 g/mol. The van der Waals surface area contributed by atoms with Crippen molar-refractivity contribution < 1.29 is 14.0 Å². The lowest BCUT2D eigenvalue weighted by Crippen LogP contribution is -2.44. The molecule has 0 saturated carbocycles. The van der Waals surface area contributed by atoms with Gasteiger partial charge in [-0.3, -0.25) is 4.79 Å². The highest BCUT2D eigenvalue weighted by Gasteiger charge is 2.39. The predicted octanol–water partition coefficient (Wildman–Crippen LogP) is 5.31. The topological polar surface area (TPSA) is 35.5 Å². The molecule has 1 aromatic carbocycles. The molecule has 0 saturated heterocycles. The minimum atomic E-state index is -2.01. The molecular weight excluding hydrogens is 292 g/mol. The van der Waals surface area contributed by atoms with Gasteiger partial charge in [-0.2, -0.15) is 0 Å². The number of hydrogen-bond acceptors (Lipinski definition) is 3. The van der Waals surface area contributed by atoms with E-state index in [0.717, 1.165) is 5.75 Å². The molecule has 0 radical (unpaired) electrons. The highest BCUT2D eigenvalue weighted by atomic mass is 28.4. The van der Waals surface area contributed by atoms with E-state index in [4.69, 9.17) is 9.16 Å². The molecule has 0 N–H and O–H groups in total. The number of hydrogen-bond donors (Lipinski definition) is 0. The Bertz CT molecular complexity index is 528. The third-order valence-electron chi connectivity index (χ3n) is 4.25. The summed E-state index contributed by atoms with van der Waals surface area (Å²) in [5.74, 6) is 1.84. The van der Waals surface area contributed by atoms with Crippen LogP contribution in [0.15, 0.2) is 18.2 Å². The summed E-state index contributed by atoms with van der Waals surface area (Å²) in [6.07, 6.45) is 0.528. The van der Waals surface area contributed by atoms with Gasteiger partial charge in [-0.25, -0.2) is 0 Å². The molecule has 0 spiro atoms. The second-order valence-corrected chi connectivity index (χ2v) is 12.5. The number of rotatable bonds is 6. The van der Waals surface area contributed by atoms with Crippen molar-refractivity contribution in [2.45, 2.75) is 59.2 Å². The molecular formula is C18H30O3Si. The van der Waals surface area contributed by atoms with Gasteiger partial charge in [-0.15, -0.1) is 0 Å². The van der Waals surface area contributed by atoms with Gasteiger partial charge in [-0.05, 0) is 36.2 Å². The van der Waals surface area contributed by atoms with E-state index < -0.39 is 8.32 Å². The van der Waals surface area contributed by atoms with Crippen LogP contribution in [0.5, 0.6) is 11.5 Å². The molecule has 1 aromatic rings. The van der Waals surface area contributed by atoms with Crippen LogP contribution in [0, 0.1) is 5.92 Å². The second kappa shape index (κ2) is 6.86. The third-order valence-corrected chi connectivity index (χ3v) is 8.60. The molecule has 1 rings (SSSR count). The number of methoxy groups -OCH3 is 1. The van der Waals surface area contributed by atoms with Gasteiger partial charge < -0.3 is 9.16 Å². The summed E-state index contributed by atoms with van der Waals surface area (Å²) in [7, 11) is -0.380. The van der Waals surface area contributed by atoms with Crippen LogP contribution in [-0.4, -0.2) is 21.2 Å². The van der Waals surface area contributed by atoms with Gasteiger partial charge in [0, 0.05) is 12.5 Å². The molecule has 0 amide bonds. The van der Waals surface area contributed by atoms with Crippen molar-refractivity contribution in [2.24, 2.45) is 5.92 Å². The number of Topliss-reactive ketones (excluding diaryl/α,β-unsaturated/α-hetero) is 1. The van der Waals surface area contributed by atoms with E-state index in [9.17, 15) is 4.79 Å². The normalized spacial score (nSPS) is 12.4. The van der Waals surface area contributed by atoms with Crippen molar-refractivity contribution in [1.82, 2.24) is 0 Å². The molecule has 0 aliphatic carbocycles. The van der Waals surface area contributed by atoms with E-state index in [1.54, 1.807) is 7.11 Å². The summed E-state index contributed by atoms with van der Waals surface area (Å²) in [5, 5.41) is 0.0778. The Morgan fingerprint density at radius 3 is 2.27 bits per heavy atom. The van der Waals surface area contributed by atoms with Crippen LogP contribution in [0.4, 0.5) is 0 Å². The zero-order valence-corrected chi connectivity index (χ0v) is 16.2. The summed E-state index contributed by atoms with van der Waals surface area (Å²) in [5.41, 5.74) is 0.666. The Balaban J connectivity index is 3.22. The molecule has 124 valence electrons. The quantitative estimate of drug-likeness (QED) is 0.526. The van der Waals surface area contributed by atoms with Crippen LogP contribution >= 0.6 is 0 Å². The third kappa shape index (κ3) is 4.60. The van der Waals surface area contributed by atoms with E-state index in [-0.39, 0.29) is 10.8 Å². The van der Waals surface area contributed by atoms with Crippen LogP contribution in [0.1, 0.15) is 51.4 Å². The minimum absolute atomic E-state index is 0.0778. The first-order chi connectivity index (χ1) is 9.98. The lowest BCUT2D eigenvalue weighted by molar-refractivity contribution is 0.0966. The van der Waals surface area contributed by atoms with Crippen molar-refractivity contribution in [3.63, 3.8) is 0 Å². The van der Waals surface area contributed by atoms with Gasteiger partial charge in [0.25, 0.3) is 8.32 Å². The van der Waals surface area contributed by atoms with Crippen LogP contribution in [0.2, 0.25) is 18.1 Å². The average Bonchev–Trinajstić information content (AvgIpc) is 2.35. The van der Waals surface area contributed by atoms with Crippen molar-refractivity contribution in [2.75, 3.05) is 7.11 Å². The molecule has 22 heavy (non-hydrogen) atoms. The molecule has 0 bridgehead atoms. The Labute approximate surface area is 136 Å². The smallest absolute Gasteiger partial charge is 0.250 e. The van der Waals surface area contributed by atoms with Crippen LogP contribution in [0.25, 0.3) is 0 Å². The first kappa shape index (κ1) is 18.8. The molecule has 3 nitrogen and oxygen atoms in total. The highest BCUT2D eigenvalue weighted by Crippen LogP contribution is 2.39. The molecule has 0 atom stereocenters. The first-order valence-electron chi connectivity index (χ1n) is 7.88. The average molecular weight is 323 g/mol. The summed E-state index contributed by atoms with van der Waals surface area (Å²) in [6, 6.07) is 5.49. The fourth-order valence-corrected chi connectivity index (χ4v) is 2.88. The van der Waals surface area contributed by atoms with E-state index in [0.29, 0.717) is 23.7 Å². The molecule has 0 unspecified atom stereocenters. The molecule has 0 aliphatic heterocycles. The minimum Gasteiger partial charge on any atom is -0.543 e. The van der Waals surface area contributed by atoms with Gasteiger partial charge in [0.15, 0.2) is 5.78 Å². The Hall–Kier alpha value is -1.29. The van der Waals surface area contributed by atoms with Crippen LogP contribution < -0.4 is 9.16 Å². The van der Waals surface area contributed by atoms with E-state index >= 15 is 0 Å². The van der Waals surface area contributed by atoms with Gasteiger partial charge in [0.2, 0.25) is 0 Å². The summed E-state index contributed by atoms with van der Waals surface area (Å²) < 4.78 is 11.7. The van der Waals surface area contributed by atoms with Crippen molar-refractivity contribution in [3.05, 3.63) is 23.8 Å². The fraction of sp³-hybridized carbons (Fsp3) is 0.611. The maximum Gasteiger partial charge on any atom is 0.250 e. The maximum atomic E-state index is 12.5. The number of ether oxygens (including phenoxy) is 1. The molecule has 0 aromatic heterocycles. The maximum absolute atomic E-state index is 12.5.